The highest BCUT2D eigenvalue weighted by Gasteiger charge is 2.29. The van der Waals surface area contributed by atoms with Gasteiger partial charge in [-0.2, -0.15) is 0 Å². The number of hydrogen-bond acceptors (Lipinski definition) is 7. The highest BCUT2D eigenvalue weighted by molar-refractivity contribution is 6.00. The normalized spacial score (nSPS) is 14.5. The van der Waals surface area contributed by atoms with Crippen LogP contribution in [0.15, 0.2) is 52.1 Å². The molecule has 2 aromatic carbocycles. The quantitative estimate of drug-likeness (QED) is 0.243. The molecule has 0 saturated carbocycles. The molecule has 37 heavy (non-hydrogen) atoms. The molecule has 11 heteroatoms. The molecule has 1 saturated heterocycles. The summed E-state index contributed by atoms with van der Waals surface area (Å²) < 4.78 is 5.81. The maximum atomic E-state index is 13.5. The van der Waals surface area contributed by atoms with Gasteiger partial charge in [0, 0.05) is 38.3 Å². The van der Waals surface area contributed by atoms with Gasteiger partial charge in [0.25, 0.3) is 5.91 Å². The molecule has 1 aliphatic rings. The van der Waals surface area contributed by atoms with Crippen LogP contribution >= 0.6 is 0 Å². The molecule has 196 valence electrons. The van der Waals surface area contributed by atoms with Crippen molar-refractivity contribution in [1.29, 1.82) is 0 Å². The van der Waals surface area contributed by atoms with Gasteiger partial charge in [0.2, 0.25) is 5.91 Å². The second-order valence-corrected chi connectivity index (χ2v) is 9.22. The standard InChI is InChI=1S/C26H32N6O5/c1-31(2)12-3-15-37-19-7-4-17(5-8-19)22(26(36)32-13-10-27-11-14-32)30-23(33)18-6-9-20-21(16-18)29-25(35)24(34)28-20/h4-9,16,22,27H,3,10-15H2,1-2H3,(H,28,34)(H,29,35)(H,30,33). The molecule has 0 spiro atoms. The summed E-state index contributed by atoms with van der Waals surface area (Å²) in [5, 5.41) is 6.08. The Morgan fingerprint density at radius 3 is 2.35 bits per heavy atom. The third kappa shape index (κ3) is 6.63. The topological polar surface area (TPSA) is 140 Å². The predicted molar refractivity (Wildman–Crippen MR) is 140 cm³/mol. The number of aromatic nitrogens is 2. The fourth-order valence-corrected chi connectivity index (χ4v) is 4.15. The first-order valence-corrected chi connectivity index (χ1v) is 12.3. The molecular formula is C26H32N6O5. The fraction of sp³-hybridized carbons (Fsp3) is 0.385. The third-order valence-corrected chi connectivity index (χ3v) is 6.17. The molecule has 11 nitrogen and oxygen atoms in total. The molecule has 1 aromatic heterocycles. The molecule has 4 N–H and O–H groups in total. The van der Waals surface area contributed by atoms with Gasteiger partial charge in [-0.15, -0.1) is 0 Å². The van der Waals surface area contributed by atoms with Crippen molar-refractivity contribution in [3.8, 4) is 5.75 Å². The van der Waals surface area contributed by atoms with Gasteiger partial charge in [-0.1, -0.05) is 12.1 Å². The molecule has 1 unspecified atom stereocenters. The van der Waals surface area contributed by atoms with Crippen LogP contribution in [0.5, 0.6) is 5.75 Å². The van der Waals surface area contributed by atoms with E-state index in [2.05, 4.69) is 25.5 Å². The Morgan fingerprint density at radius 1 is 1.00 bits per heavy atom. The number of nitrogens with one attached hydrogen (secondary N) is 4. The molecule has 2 heterocycles. The largest absolute Gasteiger partial charge is 0.494 e. The zero-order chi connectivity index (χ0) is 26.4. The number of fused-ring (bicyclic) bond motifs is 1. The van der Waals surface area contributed by atoms with Crippen LogP contribution in [0.25, 0.3) is 11.0 Å². The number of ether oxygens (including phenoxy) is 1. The Kier molecular flexibility index (Phi) is 8.36. The minimum atomic E-state index is -0.904. The molecule has 0 aliphatic carbocycles. The minimum Gasteiger partial charge on any atom is -0.494 e. The molecule has 1 atom stereocenters. The number of H-pyrrole nitrogens is 2. The Hall–Kier alpha value is -3.96. The zero-order valence-electron chi connectivity index (χ0n) is 21.0. The van der Waals surface area contributed by atoms with E-state index in [-0.39, 0.29) is 11.5 Å². The average molecular weight is 509 g/mol. The molecule has 3 aromatic rings. The first kappa shape index (κ1) is 26.1. The summed E-state index contributed by atoms with van der Waals surface area (Å²) in [5.41, 5.74) is 0.0244. The lowest BCUT2D eigenvalue weighted by Crippen LogP contribution is -2.50. The maximum absolute atomic E-state index is 13.5. The summed E-state index contributed by atoms with van der Waals surface area (Å²) in [4.78, 5) is 58.7. The number of aromatic amines is 2. The van der Waals surface area contributed by atoms with Crippen LogP contribution in [0.2, 0.25) is 0 Å². The van der Waals surface area contributed by atoms with E-state index < -0.39 is 23.1 Å². The number of hydrogen-bond donors (Lipinski definition) is 4. The first-order chi connectivity index (χ1) is 17.8. The lowest BCUT2D eigenvalue weighted by atomic mass is 10.0. The second kappa shape index (κ2) is 11.8. The molecule has 1 fully saturated rings. The van der Waals surface area contributed by atoms with Crippen molar-refractivity contribution in [3.63, 3.8) is 0 Å². The van der Waals surface area contributed by atoms with Crippen LogP contribution < -0.4 is 26.5 Å². The number of piperazine rings is 1. The predicted octanol–water partition coefficient (Wildman–Crippen LogP) is 0.450. The van der Waals surface area contributed by atoms with Gasteiger partial charge in [-0.25, -0.2) is 0 Å². The molecule has 0 bridgehead atoms. The van der Waals surface area contributed by atoms with Crippen LogP contribution in [0.1, 0.15) is 28.4 Å². The number of benzene rings is 2. The van der Waals surface area contributed by atoms with Crippen LogP contribution in [0.3, 0.4) is 0 Å². The van der Waals surface area contributed by atoms with Gasteiger partial charge >= 0.3 is 11.1 Å². The van der Waals surface area contributed by atoms with Gasteiger partial charge in [0.1, 0.15) is 11.8 Å². The zero-order valence-corrected chi connectivity index (χ0v) is 21.0. The number of carbonyl (C=O) groups excluding carboxylic acids is 2. The maximum Gasteiger partial charge on any atom is 0.314 e. The summed E-state index contributed by atoms with van der Waals surface area (Å²) in [7, 11) is 4.02. The highest BCUT2D eigenvalue weighted by atomic mass is 16.5. The van der Waals surface area contributed by atoms with Crippen LogP contribution in [-0.4, -0.2) is 85.0 Å². The third-order valence-electron chi connectivity index (χ3n) is 6.17. The Labute approximate surface area is 213 Å². The fourth-order valence-electron chi connectivity index (χ4n) is 4.15. The van der Waals surface area contributed by atoms with Crippen LogP contribution in [0.4, 0.5) is 0 Å². The van der Waals surface area contributed by atoms with Gasteiger partial charge in [-0.3, -0.25) is 19.2 Å². The van der Waals surface area contributed by atoms with E-state index in [1.807, 2.05) is 14.1 Å². The molecule has 4 rings (SSSR count). The van der Waals surface area contributed by atoms with Crippen molar-refractivity contribution < 1.29 is 14.3 Å². The van der Waals surface area contributed by atoms with E-state index in [0.29, 0.717) is 55.1 Å². The van der Waals surface area contributed by atoms with Crippen molar-refractivity contribution in [1.82, 2.24) is 30.4 Å². The van der Waals surface area contributed by atoms with E-state index in [4.69, 9.17) is 4.74 Å². The van der Waals surface area contributed by atoms with Crippen LogP contribution in [-0.2, 0) is 4.79 Å². The lowest BCUT2D eigenvalue weighted by Gasteiger charge is -2.31. The molecular weight excluding hydrogens is 476 g/mol. The Morgan fingerprint density at radius 2 is 1.68 bits per heavy atom. The SMILES string of the molecule is CN(C)CCCOc1ccc(C(NC(=O)c2ccc3[nH]c(=O)c(=O)[nH]c3c2)C(=O)N2CCNCC2)cc1. The Bertz CT molecular complexity index is 1360. The monoisotopic (exact) mass is 508 g/mol. The van der Waals surface area contributed by atoms with Gasteiger partial charge in [-0.05, 0) is 56.4 Å². The first-order valence-electron chi connectivity index (χ1n) is 12.3. The Balaban J connectivity index is 1.54. The van der Waals surface area contributed by atoms with E-state index in [1.165, 1.54) is 18.2 Å². The van der Waals surface area contributed by atoms with Crippen LogP contribution in [0, 0.1) is 0 Å². The number of rotatable bonds is 9. The molecule has 2 amide bonds. The average Bonchev–Trinajstić information content (AvgIpc) is 2.90. The number of nitrogens with zero attached hydrogens (tertiary/aromatic N) is 2. The number of amides is 2. The smallest absolute Gasteiger partial charge is 0.314 e. The summed E-state index contributed by atoms with van der Waals surface area (Å²) in [6, 6.07) is 10.8. The van der Waals surface area contributed by atoms with Gasteiger partial charge < -0.3 is 35.1 Å². The van der Waals surface area contributed by atoms with Crippen molar-refractivity contribution in [2.24, 2.45) is 0 Å². The lowest BCUT2D eigenvalue weighted by molar-refractivity contribution is -0.134. The molecule has 0 radical (unpaired) electrons. The summed E-state index contributed by atoms with van der Waals surface area (Å²) in [6.07, 6.45) is 0.889. The summed E-state index contributed by atoms with van der Waals surface area (Å²) in [6.45, 7) is 3.95. The van der Waals surface area contributed by atoms with Crippen molar-refractivity contribution >= 4 is 22.8 Å². The number of carbonyl (C=O) groups is 2. The van der Waals surface area contributed by atoms with Gasteiger partial charge in [0.05, 0.1) is 17.6 Å². The van der Waals surface area contributed by atoms with E-state index in [1.54, 1.807) is 29.2 Å². The van der Waals surface area contributed by atoms with Crippen molar-refractivity contribution in [3.05, 3.63) is 74.3 Å². The summed E-state index contributed by atoms with van der Waals surface area (Å²) in [5.74, 6) is 0.00847. The minimum absolute atomic E-state index is 0.201. The summed E-state index contributed by atoms with van der Waals surface area (Å²) >= 11 is 0. The second-order valence-electron chi connectivity index (χ2n) is 9.22. The van der Waals surface area contributed by atoms with E-state index in [0.717, 1.165) is 13.0 Å². The van der Waals surface area contributed by atoms with Crippen molar-refractivity contribution in [2.75, 3.05) is 53.4 Å². The van der Waals surface area contributed by atoms with Crippen molar-refractivity contribution in [2.45, 2.75) is 12.5 Å². The van der Waals surface area contributed by atoms with Gasteiger partial charge in [0.15, 0.2) is 0 Å². The molecule has 1 aliphatic heterocycles. The highest BCUT2D eigenvalue weighted by Crippen LogP contribution is 2.22. The van der Waals surface area contributed by atoms with E-state index >= 15 is 0 Å². The van der Waals surface area contributed by atoms with E-state index in [9.17, 15) is 19.2 Å².